The van der Waals surface area contributed by atoms with Gasteiger partial charge in [-0.15, -0.1) is 0 Å². The fraction of sp³-hybridized carbons (Fsp3) is 0.462. The number of hydrogen-bond acceptors (Lipinski definition) is 2. The van der Waals surface area contributed by atoms with Crippen molar-refractivity contribution in [2.24, 2.45) is 5.84 Å². The van der Waals surface area contributed by atoms with Crippen molar-refractivity contribution in [1.29, 1.82) is 0 Å². The molecule has 3 N–H and O–H groups in total. The van der Waals surface area contributed by atoms with Gasteiger partial charge in [0.1, 0.15) is 0 Å². The Morgan fingerprint density at radius 1 is 1.29 bits per heavy atom. The number of nitrogens with one attached hydrogen (secondary N) is 1. The van der Waals surface area contributed by atoms with Crippen molar-refractivity contribution in [1.82, 2.24) is 10.3 Å². The van der Waals surface area contributed by atoms with Crippen LogP contribution < -0.4 is 11.3 Å². The molecule has 0 fully saturated rings. The molecule has 0 spiro atoms. The summed E-state index contributed by atoms with van der Waals surface area (Å²) in [6.07, 6.45) is 0. The van der Waals surface area contributed by atoms with Gasteiger partial charge in [0.15, 0.2) is 0 Å². The van der Waals surface area contributed by atoms with E-state index in [2.05, 4.69) is 38.3 Å². The highest BCUT2D eigenvalue weighted by Crippen LogP contribution is 2.22. The predicted octanol–water partition coefficient (Wildman–Crippen LogP) is 2.00. The average Bonchev–Trinajstić information content (AvgIpc) is 2.27. The Labute approximate surface area is 103 Å². The Bertz CT molecular complexity index is 379. The molecule has 0 bridgehead atoms. The molecule has 4 nitrogen and oxygen atoms in total. The zero-order chi connectivity index (χ0) is 13.1. The zero-order valence-electron chi connectivity index (χ0n) is 10.9. The molecule has 0 aliphatic carbocycles. The first-order valence-electron chi connectivity index (χ1n) is 5.65. The Balaban J connectivity index is 2.72. The van der Waals surface area contributed by atoms with Gasteiger partial charge in [0.05, 0.1) is 0 Å². The second kappa shape index (κ2) is 5.19. The van der Waals surface area contributed by atoms with E-state index in [0.717, 1.165) is 5.56 Å². The average molecular weight is 235 g/mol. The lowest BCUT2D eigenvalue weighted by molar-refractivity contribution is 0.207. The van der Waals surface area contributed by atoms with E-state index in [0.29, 0.717) is 6.54 Å². The Morgan fingerprint density at radius 2 is 1.82 bits per heavy atom. The minimum absolute atomic E-state index is 0.152. The first-order valence-corrected chi connectivity index (χ1v) is 5.65. The molecular formula is C13H21N3O. The molecule has 0 aliphatic heterocycles. The molecule has 17 heavy (non-hydrogen) atoms. The van der Waals surface area contributed by atoms with E-state index in [1.807, 2.05) is 12.1 Å². The van der Waals surface area contributed by atoms with E-state index in [1.54, 1.807) is 7.05 Å². The van der Waals surface area contributed by atoms with Crippen LogP contribution in [0, 0.1) is 0 Å². The Hall–Kier alpha value is -1.55. The van der Waals surface area contributed by atoms with Gasteiger partial charge < -0.3 is 4.90 Å². The standard InChI is InChI=1S/C13H21N3O/c1-13(2,3)11-7-5-10(6-8-11)9-16(4)12(17)15-14/h5-8H,9,14H2,1-4H3,(H,15,17). The van der Waals surface area contributed by atoms with Crippen LogP contribution in [0.1, 0.15) is 31.9 Å². The number of nitrogens with zero attached hydrogens (tertiary/aromatic N) is 1. The number of carbonyl (C=O) groups excluding carboxylic acids is 1. The van der Waals surface area contributed by atoms with Crippen molar-refractivity contribution in [2.75, 3.05) is 7.05 Å². The van der Waals surface area contributed by atoms with E-state index in [-0.39, 0.29) is 11.4 Å². The fourth-order valence-electron chi connectivity index (χ4n) is 1.57. The van der Waals surface area contributed by atoms with E-state index in [4.69, 9.17) is 5.84 Å². The topological polar surface area (TPSA) is 58.4 Å². The number of rotatable bonds is 2. The molecule has 1 rings (SSSR count). The largest absolute Gasteiger partial charge is 0.331 e. The second-order valence-electron chi connectivity index (χ2n) is 5.25. The molecule has 1 aromatic carbocycles. The van der Waals surface area contributed by atoms with Gasteiger partial charge in [-0.1, -0.05) is 45.0 Å². The minimum Gasteiger partial charge on any atom is -0.322 e. The summed E-state index contributed by atoms with van der Waals surface area (Å²) in [5, 5.41) is 0. The number of urea groups is 1. The summed E-state index contributed by atoms with van der Waals surface area (Å²) in [4.78, 5) is 12.8. The number of hydrogen-bond donors (Lipinski definition) is 2. The first-order chi connectivity index (χ1) is 7.84. The molecular weight excluding hydrogens is 214 g/mol. The van der Waals surface area contributed by atoms with E-state index in [9.17, 15) is 4.79 Å². The zero-order valence-corrected chi connectivity index (χ0v) is 10.9. The van der Waals surface area contributed by atoms with Crippen LogP contribution in [-0.4, -0.2) is 18.0 Å². The third-order valence-corrected chi connectivity index (χ3v) is 2.71. The van der Waals surface area contributed by atoms with Crippen molar-refractivity contribution in [2.45, 2.75) is 32.7 Å². The summed E-state index contributed by atoms with van der Waals surface area (Å²) in [6, 6.07) is 8.00. The van der Waals surface area contributed by atoms with E-state index < -0.39 is 0 Å². The van der Waals surface area contributed by atoms with Gasteiger partial charge in [0.25, 0.3) is 0 Å². The highest BCUT2D eigenvalue weighted by atomic mass is 16.2. The van der Waals surface area contributed by atoms with Crippen LogP contribution in [0.3, 0.4) is 0 Å². The third-order valence-electron chi connectivity index (χ3n) is 2.71. The molecule has 0 saturated heterocycles. The second-order valence-corrected chi connectivity index (χ2v) is 5.25. The molecule has 0 aromatic heterocycles. The maximum atomic E-state index is 11.2. The quantitative estimate of drug-likeness (QED) is 0.468. The van der Waals surface area contributed by atoms with Gasteiger partial charge >= 0.3 is 6.03 Å². The highest BCUT2D eigenvalue weighted by molar-refractivity contribution is 5.73. The lowest BCUT2D eigenvalue weighted by Gasteiger charge is -2.20. The predicted molar refractivity (Wildman–Crippen MR) is 69.3 cm³/mol. The van der Waals surface area contributed by atoms with Crippen molar-refractivity contribution in [3.63, 3.8) is 0 Å². The molecule has 0 saturated carbocycles. The lowest BCUT2D eigenvalue weighted by Crippen LogP contribution is -2.40. The lowest BCUT2D eigenvalue weighted by atomic mass is 9.87. The molecule has 0 heterocycles. The van der Waals surface area contributed by atoms with Gasteiger partial charge in [-0.05, 0) is 16.5 Å². The number of benzene rings is 1. The molecule has 0 atom stereocenters. The Kier molecular flexibility index (Phi) is 4.12. The molecule has 0 aliphatic rings. The van der Waals surface area contributed by atoms with Gasteiger partial charge in [-0.2, -0.15) is 0 Å². The maximum Gasteiger partial charge on any atom is 0.331 e. The number of hydrazine groups is 1. The molecule has 2 amide bonds. The van der Waals surface area contributed by atoms with Crippen molar-refractivity contribution in [3.05, 3.63) is 35.4 Å². The molecule has 0 unspecified atom stereocenters. The summed E-state index contributed by atoms with van der Waals surface area (Å²) in [7, 11) is 1.71. The SMILES string of the molecule is CN(Cc1ccc(C(C)(C)C)cc1)C(=O)NN. The van der Waals surface area contributed by atoms with E-state index in [1.165, 1.54) is 10.5 Å². The number of nitrogens with two attached hydrogens (primary N) is 1. The van der Waals surface area contributed by atoms with Gasteiger partial charge in [0.2, 0.25) is 0 Å². The van der Waals surface area contributed by atoms with Gasteiger partial charge in [-0.25, -0.2) is 10.6 Å². The van der Waals surface area contributed by atoms with Crippen LogP contribution >= 0.6 is 0 Å². The summed E-state index contributed by atoms with van der Waals surface area (Å²) < 4.78 is 0. The van der Waals surface area contributed by atoms with Crippen LogP contribution in [-0.2, 0) is 12.0 Å². The van der Waals surface area contributed by atoms with Crippen LogP contribution in [0.5, 0.6) is 0 Å². The van der Waals surface area contributed by atoms with Crippen LogP contribution in [0.15, 0.2) is 24.3 Å². The Morgan fingerprint density at radius 3 is 2.24 bits per heavy atom. The van der Waals surface area contributed by atoms with Gasteiger partial charge in [-0.3, -0.25) is 5.43 Å². The summed E-state index contributed by atoms with van der Waals surface area (Å²) in [6.45, 7) is 7.08. The van der Waals surface area contributed by atoms with Crippen molar-refractivity contribution in [3.8, 4) is 0 Å². The monoisotopic (exact) mass is 235 g/mol. The van der Waals surface area contributed by atoms with Crippen LogP contribution in [0.4, 0.5) is 4.79 Å². The van der Waals surface area contributed by atoms with Crippen LogP contribution in [0.25, 0.3) is 0 Å². The van der Waals surface area contributed by atoms with Crippen LogP contribution in [0.2, 0.25) is 0 Å². The van der Waals surface area contributed by atoms with Gasteiger partial charge in [0, 0.05) is 13.6 Å². The number of amides is 2. The summed E-state index contributed by atoms with van der Waals surface area (Å²) in [5.41, 5.74) is 4.63. The van der Waals surface area contributed by atoms with Crippen molar-refractivity contribution < 1.29 is 4.79 Å². The van der Waals surface area contributed by atoms with E-state index >= 15 is 0 Å². The number of carbonyl (C=O) groups is 1. The summed E-state index contributed by atoms with van der Waals surface area (Å²) in [5.74, 6) is 5.07. The molecule has 94 valence electrons. The summed E-state index contributed by atoms with van der Waals surface area (Å²) >= 11 is 0. The van der Waals surface area contributed by atoms with Crippen molar-refractivity contribution >= 4 is 6.03 Å². The molecule has 1 aromatic rings. The highest BCUT2D eigenvalue weighted by Gasteiger charge is 2.13. The molecule has 4 heteroatoms. The third kappa shape index (κ3) is 3.75. The first kappa shape index (κ1) is 13.5. The smallest absolute Gasteiger partial charge is 0.322 e. The fourth-order valence-corrected chi connectivity index (χ4v) is 1.57. The molecule has 0 radical (unpaired) electrons. The normalized spacial score (nSPS) is 11.1. The maximum absolute atomic E-state index is 11.2. The minimum atomic E-state index is -0.287.